The summed E-state index contributed by atoms with van der Waals surface area (Å²) in [5.74, 6) is -0.787. The zero-order chi connectivity index (χ0) is 11.4. The summed E-state index contributed by atoms with van der Waals surface area (Å²) in [5, 5.41) is 9.40. The minimum Gasteiger partial charge on any atom is -0.463 e. The van der Waals surface area contributed by atoms with E-state index in [-0.39, 0.29) is 12.5 Å². The summed E-state index contributed by atoms with van der Waals surface area (Å²) in [7, 11) is 0. The van der Waals surface area contributed by atoms with E-state index in [9.17, 15) is 9.90 Å². The summed E-state index contributed by atoms with van der Waals surface area (Å²) in [5.41, 5.74) is 1.07. The number of benzene rings is 1. The molecule has 0 aliphatic carbocycles. The lowest BCUT2D eigenvalue weighted by atomic mass is 10.1. The van der Waals surface area contributed by atoms with Crippen LogP contribution in [0, 0.1) is 5.92 Å². The van der Waals surface area contributed by atoms with Gasteiger partial charge in [-0.1, -0.05) is 30.3 Å². The van der Waals surface area contributed by atoms with E-state index in [0.29, 0.717) is 13.2 Å². The molecule has 1 N–H and O–H groups in total. The van der Waals surface area contributed by atoms with Crippen LogP contribution in [0.1, 0.15) is 5.56 Å². The van der Waals surface area contributed by atoms with E-state index in [4.69, 9.17) is 9.47 Å². The molecule has 0 saturated carbocycles. The molecule has 0 bridgehead atoms. The van der Waals surface area contributed by atoms with Gasteiger partial charge in [-0.3, -0.25) is 0 Å². The molecule has 0 spiro atoms. The minimum atomic E-state index is -1.03. The van der Waals surface area contributed by atoms with Crippen LogP contribution in [0.4, 0.5) is 0 Å². The molecule has 1 saturated heterocycles. The van der Waals surface area contributed by atoms with Crippen LogP contribution in [0.5, 0.6) is 0 Å². The summed E-state index contributed by atoms with van der Waals surface area (Å²) < 4.78 is 10.1. The lowest BCUT2D eigenvalue weighted by Gasteiger charge is -2.10. The van der Waals surface area contributed by atoms with E-state index >= 15 is 0 Å². The smallest absolute Gasteiger partial charge is 0.335 e. The molecule has 1 aromatic rings. The number of hydrogen-bond donors (Lipinski definition) is 1. The van der Waals surface area contributed by atoms with Crippen molar-refractivity contribution in [2.45, 2.75) is 12.7 Å². The van der Waals surface area contributed by atoms with Crippen molar-refractivity contribution in [3.8, 4) is 0 Å². The summed E-state index contributed by atoms with van der Waals surface area (Å²) in [4.78, 5) is 10.9. The highest BCUT2D eigenvalue weighted by Gasteiger charge is 2.35. The van der Waals surface area contributed by atoms with Gasteiger partial charge in [-0.25, -0.2) is 4.79 Å². The van der Waals surface area contributed by atoms with E-state index in [1.54, 1.807) is 0 Å². The zero-order valence-electron chi connectivity index (χ0n) is 8.83. The van der Waals surface area contributed by atoms with Crippen molar-refractivity contribution in [3.05, 3.63) is 35.9 Å². The highest BCUT2D eigenvalue weighted by atomic mass is 16.6. The second-order valence-corrected chi connectivity index (χ2v) is 3.84. The Bertz CT molecular complexity index is 349. The predicted molar refractivity (Wildman–Crippen MR) is 56.6 cm³/mol. The number of esters is 1. The van der Waals surface area contributed by atoms with Crippen molar-refractivity contribution in [1.82, 2.24) is 0 Å². The van der Waals surface area contributed by atoms with E-state index in [0.717, 1.165) is 5.56 Å². The standard InChI is InChI=1S/C12H14O4/c13-11-10(8-16-12(11)14)7-15-6-9-4-2-1-3-5-9/h1-5,10-11,13H,6-8H2/t10-,11-/m0/s1. The van der Waals surface area contributed by atoms with Gasteiger partial charge in [0, 0.05) is 0 Å². The van der Waals surface area contributed by atoms with Crippen LogP contribution in [0.2, 0.25) is 0 Å². The molecule has 0 amide bonds. The highest BCUT2D eigenvalue weighted by molar-refractivity contribution is 5.76. The van der Waals surface area contributed by atoms with Crippen LogP contribution in [0.25, 0.3) is 0 Å². The average molecular weight is 222 g/mol. The quantitative estimate of drug-likeness (QED) is 0.763. The van der Waals surface area contributed by atoms with E-state index in [2.05, 4.69) is 0 Å². The number of cyclic esters (lactones) is 1. The zero-order valence-corrected chi connectivity index (χ0v) is 8.83. The number of carbonyl (C=O) groups is 1. The molecule has 4 heteroatoms. The maximum atomic E-state index is 10.9. The molecule has 86 valence electrons. The third kappa shape index (κ3) is 2.59. The number of hydrogen-bond acceptors (Lipinski definition) is 4. The first-order valence-corrected chi connectivity index (χ1v) is 5.24. The second-order valence-electron chi connectivity index (χ2n) is 3.84. The lowest BCUT2D eigenvalue weighted by Crippen LogP contribution is -2.25. The molecule has 4 nitrogen and oxygen atoms in total. The van der Waals surface area contributed by atoms with Gasteiger partial charge in [-0.2, -0.15) is 0 Å². The molecular weight excluding hydrogens is 208 g/mol. The topological polar surface area (TPSA) is 55.8 Å². The lowest BCUT2D eigenvalue weighted by molar-refractivity contribution is -0.144. The Labute approximate surface area is 93.8 Å². The molecule has 16 heavy (non-hydrogen) atoms. The first kappa shape index (κ1) is 11.1. The Morgan fingerprint density at radius 2 is 2.12 bits per heavy atom. The van der Waals surface area contributed by atoms with Crippen LogP contribution >= 0.6 is 0 Å². The third-order valence-electron chi connectivity index (χ3n) is 2.57. The number of carbonyl (C=O) groups excluding carboxylic acids is 1. The van der Waals surface area contributed by atoms with Crippen LogP contribution in [0.15, 0.2) is 30.3 Å². The molecule has 1 aromatic carbocycles. The summed E-state index contributed by atoms with van der Waals surface area (Å²) >= 11 is 0. The summed E-state index contributed by atoms with van der Waals surface area (Å²) in [6.45, 7) is 1.06. The van der Waals surface area contributed by atoms with Crippen LogP contribution in [0.3, 0.4) is 0 Å². The van der Waals surface area contributed by atoms with Crippen LogP contribution < -0.4 is 0 Å². The third-order valence-corrected chi connectivity index (χ3v) is 2.57. The molecule has 2 rings (SSSR count). The Morgan fingerprint density at radius 1 is 1.38 bits per heavy atom. The Kier molecular flexibility index (Phi) is 3.54. The largest absolute Gasteiger partial charge is 0.463 e. The predicted octanol–water partition coefficient (Wildman–Crippen LogP) is 0.737. The molecule has 1 aliphatic heterocycles. The van der Waals surface area contributed by atoms with Crippen molar-refractivity contribution in [2.75, 3.05) is 13.2 Å². The first-order valence-electron chi connectivity index (χ1n) is 5.24. The number of ether oxygens (including phenoxy) is 2. The molecule has 2 atom stereocenters. The maximum absolute atomic E-state index is 10.9. The van der Waals surface area contributed by atoms with Gasteiger partial charge in [0.1, 0.15) is 0 Å². The monoisotopic (exact) mass is 222 g/mol. The number of aliphatic hydroxyl groups is 1. The van der Waals surface area contributed by atoms with Gasteiger partial charge >= 0.3 is 5.97 Å². The fourth-order valence-electron chi connectivity index (χ4n) is 1.60. The molecule has 1 fully saturated rings. The highest BCUT2D eigenvalue weighted by Crippen LogP contribution is 2.15. The second kappa shape index (κ2) is 5.09. The van der Waals surface area contributed by atoms with E-state index in [1.165, 1.54) is 0 Å². The molecule has 0 aromatic heterocycles. The van der Waals surface area contributed by atoms with Crippen LogP contribution in [-0.4, -0.2) is 30.4 Å². The van der Waals surface area contributed by atoms with Crippen molar-refractivity contribution in [2.24, 2.45) is 5.92 Å². The molecule has 0 unspecified atom stereocenters. The SMILES string of the molecule is O=C1OC[C@H](COCc2ccccc2)[C@@H]1O. The first-order chi connectivity index (χ1) is 7.77. The summed E-state index contributed by atoms with van der Waals surface area (Å²) in [6.07, 6.45) is -1.03. The van der Waals surface area contributed by atoms with Gasteiger partial charge in [-0.05, 0) is 5.56 Å². The maximum Gasteiger partial charge on any atom is 0.335 e. The molecule has 0 radical (unpaired) electrons. The van der Waals surface area contributed by atoms with Crippen molar-refractivity contribution in [1.29, 1.82) is 0 Å². The van der Waals surface area contributed by atoms with Gasteiger partial charge in [-0.15, -0.1) is 0 Å². The molecular formula is C12H14O4. The van der Waals surface area contributed by atoms with E-state index < -0.39 is 12.1 Å². The Morgan fingerprint density at radius 3 is 2.75 bits per heavy atom. The van der Waals surface area contributed by atoms with Crippen LogP contribution in [-0.2, 0) is 20.9 Å². The van der Waals surface area contributed by atoms with Gasteiger partial charge in [0.25, 0.3) is 0 Å². The van der Waals surface area contributed by atoms with E-state index in [1.807, 2.05) is 30.3 Å². The molecule has 1 aliphatic rings. The fraction of sp³-hybridized carbons (Fsp3) is 0.417. The van der Waals surface area contributed by atoms with Crippen molar-refractivity contribution < 1.29 is 19.4 Å². The minimum absolute atomic E-state index is 0.240. The Hall–Kier alpha value is -1.39. The van der Waals surface area contributed by atoms with Gasteiger partial charge in [0.05, 0.1) is 25.7 Å². The molecule has 1 heterocycles. The average Bonchev–Trinajstić information content (AvgIpc) is 2.62. The number of rotatable bonds is 4. The van der Waals surface area contributed by atoms with Gasteiger partial charge < -0.3 is 14.6 Å². The van der Waals surface area contributed by atoms with Gasteiger partial charge in [0.2, 0.25) is 0 Å². The Balaban J connectivity index is 1.75. The van der Waals surface area contributed by atoms with Crippen molar-refractivity contribution >= 4 is 5.97 Å². The normalized spacial score (nSPS) is 24.4. The summed E-state index contributed by atoms with van der Waals surface area (Å²) in [6, 6.07) is 9.75. The fourth-order valence-corrected chi connectivity index (χ4v) is 1.60. The van der Waals surface area contributed by atoms with Crippen molar-refractivity contribution in [3.63, 3.8) is 0 Å². The van der Waals surface area contributed by atoms with Gasteiger partial charge in [0.15, 0.2) is 6.10 Å². The number of aliphatic hydroxyl groups excluding tert-OH is 1.